The third-order valence-electron chi connectivity index (χ3n) is 1.40. The molecule has 1 heterocycles. The minimum Gasteiger partial charge on any atom is -0.465 e. The molecule has 1 aromatic heterocycles. The first-order valence-electron chi connectivity index (χ1n) is 3.23. The minimum absolute atomic E-state index is 0.119. The van der Waals surface area contributed by atoms with Gasteiger partial charge < -0.3 is 14.9 Å². The number of hydrogen-bond donors (Lipinski definition) is 1. The molecule has 1 rings (SSSR count). The number of carbonyl (C=O) groups is 2. The van der Waals surface area contributed by atoms with Crippen molar-refractivity contribution in [2.24, 2.45) is 0 Å². The van der Waals surface area contributed by atoms with Crippen molar-refractivity contribution in [3.05, 3.63) is 16.3 Å². The average molecular weight is 204 g/mol. The Kier molecular flexibility index (Phi) is 2.57. The summed E-state index contributed by atoms with van der Waals surface area (Å²) in [6.45, 7) is 0. The van der Waals surface area contributed by atoms with Gasteiger partial charge in [0.15, 0.2) is 12.0 Å². The SMILES string of the molecule is COC(=O)c1c(N)oc(C=O)c1Cl. The molecule has 0 saturated carbocycles. The van der Waals surface area contributed by atoms with Gasteiger partial charge in [0.05, 0.1) is 7.11 Å². The van der Waals surface area contributed by atoms with Crippen LogP contribution in [0.2, 0.25) is 5.02 Å². The lowest BCUT2D eigenvalue weighted by Gasteiger charge is -1.95. The number of aldehydes is 1. The van der Waals surface area contributed by atoms with Crippen molar-refractivity contribution in [2.45, 2.75) is 0 Å². The van der Waals surface area contributed by atoms with Gasteiger partial charge in [0.2, 0.25) is 5.88 Å². The summed E-state index contributed by atoms with van der Waals surface area (Å²) in [5.74, 6) is -1.14. The van der Waals surface area contributed by atoms with E-state index in [0.717, 1.165) is 0 Å². The van der Waals surface area contributed by atoms with Gasteiger partial charge >= 0.3 is 5.97 Å². The molecule has 0 radical (unpaired) electrons. The molecule has 1 aromatic rings. The summed E-state index contributed by atoms with van der Waals surface area (Å²) in [6, 6.07) is 0. The molecule has 0 aliphatic rings. The zero-order valence-electron chi connectivity index (χ0n) is 6.67. The summed E-state index contributed by atoms with van der Waals surface area (Å²) in [4.78, 5) is 21.3. The van der Waals surface area contributed by atoms with Crippen LogP contribution in [0.3, 0.4) is 0 Å². The number of furan rings is 1. The fraction of sp³-hybridized carbons (Fsp3) is 0.143. The Morgan fingerprint density at radius 3 is 2.69 bits per heavy atom. The summed E-state index contributed by atoms with van der Waals surface area (Å²) >= 11 is 5.60. The summed E-state index contributed by atoms with van der Waals surface area (Å²) < 4.78 is 9.07. The van der Waals surface area contributed by atoms with Crippen molar-refractivity contribution in [3.8, 4) is 0 Å². The summed E-state index contributed by atoms with van der Waals surface area (Å²) in [6.07, 6.45) is 0.366. The normalized spacial score (nSPS) is 9.69. The van der Waals surface area contributed by atoms with E-state index < -0.39 is 5.97 Å². The number of methoxy groups -OCH3 is 1. The van der Waals surface area contributed by atoms with Gasteiger partial charge in [0, 0.05) is 0 Å². The Balaban J connectivity index is 3.28. The van der Waals surface area contributed by atoms with E-state index in [1.54, 1.807) is 0 Å². The highest BCUT2D eigenvalue weighted by Gasteiger charge is 2.23. The van der Waals surface area contributed by atoms with E-state index in [1.807, 2.05) is 0 Å². The quantitative estimate of drug-likeness (QED) is 0.575. The Morgan fingerprint density at radius 1 is 1.69 bits per heavy atom. The highest BCUT2D eigenvalue weighted by atomic mass is 35.5. The Hall–Kier alpha value is -1.49. The maximum Gasteiger partial charge on any atom is 0.344 e. The van der Waals surface area contributed by atoms with Crippen molar-refractivity contribution in [1.82, 2.24) is 0 Å². The lowest BCUT2D eigenvalue weighted by molar-refractivity contribution is 0.0601. The molecule has 0 unspecified atom stereocenters. The molecule has 13 heavy (non-hydrogen) atoms. The van der Waals surface area contributed by atoms with E-state index in [0.29, 0.717) is 6.29 Å². The monoisotopic (exact) mass is 203 g/mol. The van der Waals surface area contributed by atoms with Crippen LogP contribution in [0.5, 0.6) is 0 Å². The van der Waals surface area contributed by atoms with Crippen LogP contribution in [-0.4, -0.2) is 19.4 Å². The van der Waals surface area contributed by atoms with Crippen LogP contribution in [0.25, 0.3) is 0 Å². The van der Waals surface area contributed by atoms with Gasteiger partial charge in [-0.2, -0.15) is 0 Å². The number of nitrogen functional groups attached to an aromatic ring is 1. The number of hydrogen-bond acceptors (Lipinski definition) is 5. The zero-order chi connectivity index (χ0) is 10.0. The minimum atomic E-state index is -0.737. The predicted octanol–water partition coefficient (Wildman–Crippen LogP) is 1.11. The number of rotatable bonds is 2. The molecule has 70 valence electrons. The van der Waals surface area contributed by atoms with Crippen molar-refractivity contribution in [3.63, 3.8) is 0 Å². The maximum absolute atomic E-state index is 11.0. The second kappa shape index (κ2) is 3.49. The Bertz CT molecular complexity index is 358. The zero-order valence-corrected chi connectivity index (χ0v) is 7.42. The molecule has 0 aliphatic heterocycles. The van der Waals surface area contributed by atoms with Gasteiger partial charge in [0.1, 0.15) is 10.6 Å². The number of nitrogens with two attached hydrogens (primary N) is 1. The van der Waals surface area contributed by atoms with E-state index >= 15 is 0 Å². The first-order chi connectivity index (χ1) is 6.11. The van der Waals surface area contributed by atoms with Crippen LogP contribution in [0.15, 0.2) is 4.42 Å². The molecule has 0 saturated heterocycles. The van der Waals surface area contributed by atoms with E-state index in [4.69, 9.17) is 21.8 Å². The van der Waals surface area contributed by atoms with Crippen LogP contribution in [0.1, 0.15) is 20.9 Å². The Labute approximate surface area is 78.4 Å². The fourth-order valence-corrected chi connectivity index (χ4v) is 1.07. The largest absolute Gasteiger partial charge is 0.465 e. The third kappa shape index (κ3) is 1.50. The highest BCUT2D eigenvalue weighted by Crippen LogP contribution is 2.29. The van der Waals surface area contributed by atoms with Crippen LogP contribution >= 0.6 is 11.6 Å². The summed E-state index contributed by atoms with van der Waals surface area (Å²) in [5.41, 5.74) is 5.16. The van der Waals surface area contributed by atoms with Crippen molar-refractivity contribution < 1.29 is 18.7 Å². The number of anilines is 1. The van der Waals surface area contributed by atoms with Gasteiger partial charge in [-0.15, -0.1) is 0 Å². The smallest absolute Gasteiger partial charge is 0.344 e. The highest BCUT2D eigenvalue weighted by molar-refractivity contribution is 6.36. The van der Waals surface area contributed by atoms with E-state index in [1.165, 1.54) is 7.11 Å². The summed E-state index contributed by atoms with van der Waals surface area (Å²) in [5, 5.41) is -0.126. The molecule has 6 heteroatoms. The van der Waals surface area contributed by atoms with Crippen molar-refractivity contribution in [1.29, 1.82) is 0 Å². The fourth-order valence-electron chi connectivity index (χ4n) is 0.814. The molecule has 5 nitrogen and oxygen atoms in total. The predicted molar refractivity (Wildman–Crippen MR) is 44.9 cm³/mol. The molecule has 0 bridgehead atoms. The topological polar surface area (TPSA) is 82.5 Å². The Morgan fingerprint density at radius 2 is 2.31 bits per heavy atom. The van der Waals surface area contributed by atoms with Crippen molar-refractivity contribution in [2.75, 3.05) is 12.8 Å². The van der Waals surface area contributed by atoms with Crippen LogP contribution in [0.4, 0.5) is 5.88 Å². The van der Waals surface area contributed by atoms with Gasteiger partial charge in [0.25, 0.3) is 0 Å². The van der Waals surface area contributed by atoms with Gasteiger partial charge in [-0.3, -0.25) is 4.79 Å². The number of ether oxygens (including phenoxy) is 1. The maximum atomic E-state index is 11.0. The molecule has 0 amide bonds. The van der Waals surface area contributed by atoms with Crippen LogP contribution in [0, 0.1) is 0 Å². The van der Waals surface area contributed by atoms with Gasteiger partial charge in [-0.1, -0.05) is 11.6 Å². The molecule has 2 N–H and O–H groups in total. The first-order valence-corrected chi connectivity index (χ1v) is 3.60. The number of esters is 1. The number of halogens is 1. The lowest BCUT2D eigenvalue weighted by atomic mass is 10.3. The molecule has 0 fully saturated rings. The second-order valence-electron chi connectivity index (χ2n) is 2.13. The van der Waals surface area contributed by atoms with Crippen LogP contribution in [-0.2, 0) is 4.74 Å². The molecular weight excluding hydrogens is 198 g/mol. The third-order valence-corrected chi connectivity index (χ3v) is 1.77. The van der Waals surface area contributed by atoms with E-state index in [9.17, 15) is 9.59 Å². The van der Waals surface area contributed by atoms with Crippen LogP contribution < -0.4 is 5.73 Å². The summed E-state index contributed by atoms with van der Waals surface area (Å²) in [7, 11) is 1.17. The molecule has 0 spiro atoms. The standard InChI is InChI=1S/C7H6ClNO4/c1-12-7(11)4-5(8)3(2-10)13-6(4)9/h2H,9H2,1H3. The lowest BCUT2D eigenvalue weighted by Crippen LogP contribution is -2.03. The van der Waals surface area contributed by atoms with E-state index in [-0.39, 0.29) is 22.2 Å². The average Bonchev–Trinajstić information content (AvgIpc) is 2.40. The molecule has 0 aromatic carbocycles. The first kappa shape index (κ1) is 9.60. The van der Waals surface area contributed by atoms with Gasteiger partial charge in [-0.25, -0.2) is 4.79 Å². The molecule has 0 atom stereocenters. The van der Waals surface area contributed by atoms with E-state index in [2.05, 4.69) is 4.74 Å². The molecule has 0 aliphatic carbocycles. The second-order valence-corrected chi connectivity index (χ2v) is 2.51. The van der Waals surface area contributed by atoms with Gasteiger partial charge in [-0.05, 0) is 0 Å². The molecular formula is C7H6ClNO4. The number of carbonyl (C=O) groups excluding carboxylic acids is 2. The van der Waals surface area contributed by atoms with Crippen molar-refractivity contribution >= 4 is 29.7 Å².